The fourth-order valence-corrected chi connectivity index (χ4v) is 2.39. The Hall–Kier alpha value is -2.08. The van der Waals surface area contributed by atoms with Gasteiger partial charge in [-0.1, -0.05) is 36.8 Å². The van der Waals surface area contributed by atoms with Crippen molar-refractivity contribution in [2.75, 3.05) is 13.1 Å². The van der Waals surface area contributed by atoms with Gasteiger partial charge in [-0.05, 0) is 18.4 Å². The van der Waals surface area contributed by atoms with Crippen LogP contribution in [0.3, 0.4) is 0 Å². The first-order valence-electron chi connectivity index (χ1n) is 7.24. The number of carbonyl (C=O) groups excluding carboxylic acids is 1. The van der Waals surface area contributed by atoms with Gasteiger partial charge in [0.2, 0.25) is 0 Å². The van der Waals surface area contributed by atoms with Crippen molar-refractivity contribution in [3.63, 3.8) is 0 Å². The lowest BCUT2D eigenvalue weighted by Crippen LogP contribution is -2.53. The Labute approximate surface area is 124 Å². The summed E-state index contributed by atoms with van der Waals surface area (Å²) in [5, 5.41) is 13.6. The van der Waals surface area contributed by atoms with Crippen molar-refractivity contribution in [2.45, 2.75) is 31.7 Å². The molecule has 0 radical (unpaired) electrons. The van der Waals surface area contributed by atoms with Crippen LogP contribution in [0.4, 0.5) is 4.79 Å². The maximum atomic E-state index is 11.9. The largest absolute Gasteiger partial charge is 0.480 e. The van der Waals surface area contributed by atoms with Crippen LogP contribution in [0.5, 0.6) is 0 Å². The molecule has 2 amide bonds. The highest BCUT2D eigenvalue weighted by Gasteiger charge is 2.21. The molecule has 1 aliphatic rings. The molecule has 0 saturated carbocycles. The second kappa shape index (κ2) is 7.64. The first kappa shape index (κ1) is 15.3. The van der Waals surface area contributed by atoms with Gasteiger partial charge < -0.3 is 10.4 Å². The van der Waals surface area contributed by atoms with Crippen LogP contribution in [0, 0.1) is 0 Å². The molecule has 6 nitrogen and oxygen atoms in total. The van der Waals surface area contributed by atoms with Crippen LogP contribution < -0.4 is 10.7 Å². The number of rotatable bonds is 5. The van der Waals surface area contributed by atoms with Gasteiger partial charge in [0.25, 0.3) is 0 Å². The minimum absolute atomic E-state index is 0.267. The van der Waals surface area contributed by atoms with Gasteiger partial charge in [0.15, 0.2) is 0 Å². The summed E-state index contributed by atoms with van der Waals surface area (Å²) in [6.45, 7) is 1.62. The molecule has 1 fully saturated rings. The second-order valence-corrected chi connectivity index (χ2v) is 5.21. The number of hydrogen-bond acceptors (Lipinski definition) is 3. The van der Waals surface area contributed by atoms with Crippen LogP contribution in [-0.4, -0.2) is 41.2 Å². The summed E-state index contributed by atoms with van der Waals surface area (Å²) in [4.78, 5) is 23.2. The molecule has 0 unspecified atom stereocenters. The molecule has 1 atom stereocenters. The van der Waals surface area contributed by atoms with E-state index in [9.17, 15) is 14.7 Å². The Morgan fingerprint density at radius 3 is 2.43 bits per heavy atom. The molecule has 0 aliphatic carbocycles. The highest BCUT2D eigenvalue weighted by molar-refractivity contribution is 5.82. The van der Waals surface area contributed by atoms with E-state index in [1.165, 1.54) is 6.42 Å². The van der Waals surface area contributed by atoms with Crippen molar-refractivity contribution in [1.82, 2.24) is 15.8 Å². The van der Waals surface area contributed by atoms with Gasteiger partial charge in [-0.25, -0.2) is 14.6 Å². The zero-order chi connectivity index (χ0) is 15.1. The molecule has 1 aromatic rings. The first-order valence-corrected chi connectivity index (χ1v) is 7.24. The third-order valence-electron chi connectivity index (χ3n) is 3.50. The van der Waals surface area contributed by atoms with Gasteiger partial charge in [-0.3, -0.25) is 5.43 Å². The number of piperidine rings is 1. The predicted octanol–water partition coefficient (Wildman–Crippen LogP) is 1.38. The Morgan fingerprint density at radius 1 is 1.14 bits per heavy atom. The fourth-order valence-electron chi connectivity index (χ4n) is 2.39. The van der Waals surface area contributed by atoms with E-state index in [-0.39, 0.29) is 6.42 Å². The number of nitrogens with zero attached hydrogens (tertiary/aromatic N) is 1. The summed E-state index contributed by atoms with van der Waals surface area (Å²) < 4.78 is 0. The predicted molar refractivity (Wildman–Crippen MR) is 78.7 cm³/mol. The maximum absolute atomic E-state index is 11.9. The van der Waals surface area contributed by atoms with Crippen LogP contribution >= 0.6 is 0 Å². The normalized spacial score (nSPS) is 17.0. The number of carboxylic acids is 1. The Morgan fingerprint density at radius 2 is 1.81 bits per heavy atom. The van der Waals surface area contributed by atoms with Gasteiger partial charge >= 0.3 is 12.0 Å². The minimum atomic E-state index is -1.03. The van der Waals surface area contributed by atoms with E-state index < -0.39 is 18.0 Å². The van der Waals surface area contributed by atoms with E-state index in [1.54, 1.807) is 0 Å². The molecular formula is C15H21N3O3. The lowest BCUT2D eigenvalue weighted by Gasteiger charge is -2.27. The minimum Gasteiger partial charge on any atom is -0.480 e. The number of benzene rings is 1. The fraction of sp³-hybridized carbons (Fsp3) is 0.467. The molecule has 0 spiro atoms. The van der Waals surface area contributed by atoms with Crippen molar-refractivity contribution in [1.29, 1.82) is 0 Å². The van der Waals surface area contributed by atoms with Crippen LogP contribution in [-0.2, 0) is 11.2 Å². The van der Waals surface area contributed by atoms with Crippen LogP contribution in [0.15, 0.2) is 30.3 Å². The summed E-state index contributed by atoms with van der Waals surface area (Å²) in [6.07, 6.45) is 3.54. The van der Waals surface area contributed by atoms with E-state index >= 15 is 0 Å². The summed E-state index contributed by atoms with van der Waals surface area (Å²) in [6, 6.07) is 7.87. The molecule has 114 valence electrons. The molecule has 1 aromatic carbocycles. The van der Waals surface area contributed by atoms with E-state index in [2.05, 4.69) is 10.7 Å². The highest BCUT2D eigenvalue weighted by atomic mass is 16.4. The smallest absolute Gasteiger partial charge is 0.330 e. The molecular weight excluding hydrogens is 270 g/mol. The monoisotopic (exact) mass is 291 g/mol. The van der Waals surface area contributed by atoms with Crippen molar-refractivity contribution in [3.8, 4) is 0 Å². The molecule has 21 heavy (non-hydrogen) atoms. The molecule has 1 saturated heterocycles. The van der Waals surface area contributed by atoms with E-state index in [0.717, 1.165) is 31.5 Å². The summed E-state index contributed by atoms with van der Waals surface area (Å²) >= 11 is 0. The maximum Gasteiger partial charge on any atom is 0.330 e. The number of amides is 2. The molecule has 2 rings (SSSR count). The topological polar surface area (TPSA) is 81.7 Å². The van der Waals surface area contributed by atoms with Gasteiger partial charge in [0, 0.05) is 19.5 Å². The average Bonchev–Trinajstić information content (AvgIpc) is 2.48. The number of nitrogens with one attached hydrogen (secondary N) is 2. The summed E-state index contributed by atoms with van der Waals surface area (Å²) in [7, 11) is 0. The van der Waals surface area contributed by atoms with Crippen molar-refractivity contribution in [2.24, 2.45) is 0 Å². The van der Waals surface area contributed by atoms with Gasteiger partial charge in [0.1, 0.15) is 6.04 Å². The third kappa shape index (κ3) is 5.07. The Kier molecular flexibility index (Phi) is 5.57. The number of carbonyl (C=O) groups is 2. The van der Waals surface area contributed by atoms with Crippen molar-refractivity contribution >= 4 is 12.0 Å². The molecule has 1 aliphatic heterocycles. The first-order chi connectivity index (χ1) is 10.1. The highest BCUT2D eigenvalue weighted by Crippen LogP contribution is 2.06. The zero-order valence-electron chi connectivity index (χ0n) is 11.9. The Balaban J connectivity index is 1.86. The molecule has 0 bridgehead atoms. The number of hydrogen-bond donors (Lipinski definition) is 3. The lowest BCUT2D eigenvalue weighted by molar-refractivity contribution is -0.139. The van der Waals surface area contributed by atoms with Crippen LogP contribution in [0.1, 0.15) is 24.8 Å². The van der Waals surface area contributed by atoms with E-state index in [1.807, 2.05) is 35.3 Å². The number of hydrazine groups is 1. The lowest BCUT2D eigenvalue weighted by atomic mass is 10.1. The SMILES string of the molecule is O=C(N[C@H](Cc1ccccc1)C(=O)O)NN1CCCCC1. The molecule has 3 N–H and O–H groups in total. The number of carboxylic acid groups (broad SMARTS) is 1. The Bertz CT molecular complexity index is 472. The van der Waals surface area contributed by atoms with E-state index in [0.29, 0.717) is 0 Å². The number of aliphatic carboxylic acids is 1. The summed E-state index contributed by atoms with van der Waals surface area (Å²) in [5.41, 5.74) is 3.59. The van der Waals surface area contributed by atoms with Crippen molar-refractivity contribution in [3.05, 3.63) is 35.9 Å². The summed E-state index contributed by atoms with van der Waals surface area (Å²) in [5.74, 6) is -1.03. The van der Waals surface area contributed by atoms with Crippen LogP contribution in [0.25, 0.3) is 0 Å². The molecule has 1 heterocycles. The van der Waals surface area contributed by atoms with Gasteiger partial charge in [-0.2, -0.15) is 0 Å². The zero-order valence-corrected chi connectivity index (χ0v) is 11.9. The average molecular weight is 291 g/mol. The molecule has 0 aromatic heterocycles. The number of urea groups is 1. The quantitative estimate of drug-likeness (QED) is 0.765. The van der Waals surface area contributed by atoms with Crippen LogP contribution in [0.2, 0.25) is 0 Å². The standard InChI is InChI=1S/C15H21N3O3/c19-14(20)13(11-12-7-3-1-4-8-12)16-15(21)17-18-9-5-2-6-10-18/h1,3-4,7-8,13H,2,5-6,9-11H2,(H,19,20)(H2,16,17,21)/t13-/m1/s1. The molecule has 6 heteroatoms. The third-order valence-corrected chi connectivity index (χ3v) is 3.50. The van der Waals surface area contributed by atoms with Crippen molar-refractivity contribution < 1.29 is 14.7 Å². The van der Waals surface area contributed by atoms with Gasteiger partial charge in [-0.15, -0.1) is 0 Å². The van der Waals surface area contributed by atoms with Gasteiger partial charge in [0.05, 0.1) is 0 Å². The second-order valence-electron chi connectivity index (χ2n) is 5.21. The van der Waals surface area contributed by atoms with E-state index in [4.69, 9.17) is 0 Å².